The maximum atomic E-state index is 6.77. The van der Waals surface area contributed by atoms with Crippen molar-refractivity contribution < 1.29 is 4.74 Å². The molecule has 3 heterocycles. The summed E-state index contributed by atoms with van der Waals surface area (Å²) in [6, 6.07) is 55.0. The van der Waals surface area contributed by atoms with Gasteiger partial charge in [-0.05, 0) is 157 Å². The van der Waals surface area contributed by atoms with E-state index in [1.807, 2.05) is 0 Å². The zero-order valence-electron chi connectivity index (χ0n) is 40.8. The molecule has 2 aliphatic heterocycles. The highest BCUT2D eigenvalue weighted by atomic mass is 16.5. The molecule has 9 aromatic rings. The van der Waals surface area contributed by atoms with E-state index < -0.39 is 0 Å². The lowest BCUT2D eigenvalue weighted by Gasteiger charge is -2.43. The minimum absolute atomic E-state index is 0.0188. The number of nitrogens with zero attached hydrogens (tertiary/aromatic N) is 1. The molecule has 13 rings (SSSR count). The van der Waals surface area contributed by atoms with Crippen LogP contribution in [0.1, 0.15) is 115 Å². The van der Waals surface area contributed by atoms with Crippen molar-refractivity contribution >= 4 is 67.8 Å². The van der Waals surface area contributed by atoms with E-state index in [0.717, 1.165) is 42.8 Å². The molecule has 0 fully saturated rings. The van der Waals surface area contributed by atoms with Crippen LogP contribution in [0.4, 0.5) is 17.1 Å². The first kappa shape index (κ1) is 41.5. The molecule has 0 amide bonds. The molecule has 2 aliphatic carbocycles. The number of nitrogens with one attached hydrogen (secondary N) is 2. The third kappa shape index (κ3) is 6.27. The normalized spacial score (nSPS) is 18.7. The number of aromatic nitrogens is 1. The van der Waals surface area contributed by atoms with Gasteiger partial charge in [0.15, 0.2) is 13.5 Å². The molecule has 4 aliphatic rings. The van der Waals surface area contributed by atoms with Gasteiger partial charge < -0.3 is 19.9 Å². The van der Waals surface area contributed by atoms with Gasteiger partial charge in [-0.2, -0.15) is 0 Å². The van der Waals surface area contributed by atoms with Gasteiger partial charge in [0, 0.05) is 44.5 Å². The highest BCUT2D eigenvalue weighted by Crippen LogP contribution is 2.52. The molecular formula is C63H60BN3O. The van der Waals surface area contributed by atoms with E-state index in [4.69, 9.17) is 4.74 Å². The molecule has 0 saturated carbocycles. The molecule has 68 heavy (non-hydrogen) atoms. The summed E-state index contributed by atoms with van der Waals surface area (Å²) in [6.07, 6.45) is 4.43. The van der Waals surface area contributed by atoms with Gasteiger partial charge in [0.05, 0.1) is 11.2 Å². The minimum atomic E-state index is -0.250. The number of rotatable bonds is 5. The van der Waals surface area contributed by atoms with Crippen molar-refractivity contribution in [3.63, 3.8) is 0 Å². The van der Waals surface area contributed by atoms with Crippen LogP contribution in [-0.2, 0) is 21.7 Å². The topological polar surface area (TPSA) is 38.2 Å². The Morgan fingerprint density at radius 1 is 0.574 bits per heavy atom. The van der Waals surface area contributed by atoms with Gasteiger partial charge in [0.25, 0.3) is 0 Å². The Morgan fingerprint density at radius 2 is 1.19 bits per heavy atom. The van der Waals surface area contributed by atoms with Gasteiger partial charge >= 0.3 is 0 Å². The molecule has 4 nitrogen and oxygen atoms in total. The zero-order valence-corrected chi connectivity index (χ0v) is 40.8. The Morgan fingerprint density at radius 3 is 1.90 bits per heavy atom. The summed E-state index contributed by atoms with van der Waals surface area (Å²) in [5, 5.41) is 13.0. The molecule has 0 spiro atoms. The summed E-state index contributed by atoms with van der Waals surface area (Å²) in [4.78, 5) is 0. The van der Waals surface area contributed by atoms with Crippen molar-refractivity contribution in [3.8, 4) is 33.7 Å². The number of hydrogen-bond donors (Lipinski definition) is 2. The van der Waals surface area contributed by atoms with E-state index in [9.17, 15) is 0 Å². The van der Waals surface area contributed by atoms with Gasteiger partial charge in [-0.3, -0.25) is 0 Å². The summed E-state index contributed by atoms with van der Waals surface area (Å²) >= 11 is 0. The molecule has 1 unspecified atom stereocenters. The number of fused-ring (bicyclic) bond motifs is 9. The fourth-order valence-corrected chi connectivity index (χ4v) is 12.7. The Labute approximate surface area is 402 Å². The number of benzene rings is 8. The average Bonchev–Trinajstić information content (AvgIpc) is 3.91. The number of hydrogen-bond acceptors (Lipinski definition) is 3. The zero-order chi connectivity index (χ0) is 46.5. The second kappa shape index (κ2) is 14.4. The van der Waals surface area contributed by atoms with E-state index in [2.05, 4.69) is 216 Å². The van der Waals surface area contributed by atoms with Gasteiger partial charge in [-0.1, -0.05) is 152 Å². The summed E-state index contributed by atoms with van der Waals surface area (Å²) < 4.78 is 9.37. The van der Waals surface area contributed by atoms with Gasteiger partial charge in [0.1, 0.15) is 5.75 Å². The smallest absolute Gasteiger partial charge is 0.198 e. The lowest BCUT2D eigenvalue weighted by Crippen LogP contribution is -2.37. The van der Waals surface area contributed by atoms with Crippen LogP contribution in [-0.4, -0.2) is 11.8 Å². The molecule has 0 radical (unpaired) electrons. The highest BCUT2D eigenvalue weighted by Gasteiger charge is 2.40. The fraction of sp³-hybridized carbons (Fsp3) is 0.270. The monoisotopic (exact) mass is 885 g/mol. The van der Waals surface area contributed by atoms with Crippen LogP contribution in [0.15, 0.2) is 146 Å². The average molecular weight is 886 g/mol. The van der Waals surface area contributed by atoms with Gasteiger partial charge in [-0.15, -0.1) is 0 Å². The van der Waals surface area contributed by atoms with Crippen molar-refractivity contribution in [2.24, 2.45) is 0 Å². The Balaban J connectivity index is 1.11. The number of anilines is 3. The molecule has 1 aromatic heterocycles. The summed E-state index contributed by atoms with van der Waals surface area (Å²) in [6.45, 7) is 19.5. The molecular weight excluding hydrogens is 826 g/mol. The van der Waals surface area contributed by atoms with Crippen LogP contribution < -0.4 is 26.3 Å². The predicted octanol–water partition coefficient (Wildman–Crippen LogP) is 14.9. The van der Waals surface area contributed by atoms with Gasteiger partial charge in [-0.25, -0.2) is 0 Å². The highest BCUT2D eigenvalue weighted by molar-refractivity contribution is 6.73. The fourth-order valence-electron chi connectivity index (χ4n) is 12.7. The quantitative estimate of drug-likeness (QED) is 0.169. The SMILES string of the molecule is CC1(C)CCC(C)(C)c2cc(Nc3cc4c(cc3-c3cc(-c5ccccc5)c5c6cc7ccccc7cc6n6c5c3Bc3cc5c(cc3-6)NC(c3ccccc3)O5)C(C)(C)CCC4(C)C)ccc21. The van der Waals surface area contributed by atoms with Crippen molar-refractivity contribution in [1.82, 2.24) is 4.57 Å². The number of ether oxygens (including phenoxy) is 1. The standard InChI is InChI=1S/C63H60BN3O/c1-60(2)25-26-61(3,4)47-31-41(23-24-46(47)60)65-51-34-49-48(62(5,6)27-28-63(49,7)8)33-43(51)44-32-42(37-17-11-9-12-18-37)56-45-29-39-21-15-16-22-40(39)30-53(45)67-54-36-52-55(35-50(54)64-57(44)58(56)67)68-59(66-52)38-19-13-10-14-20-38/h9-24,29-36,59,64-66H,25-28H2,1-8H3. The van der Waals surface area contributed by atoms with Crippen molar-refractivity contribution in [2.45, 2.75) is 109 Å². The third-order valence-electron chi connectivity index (χ3n) is 16.9. The van der Waals surface area contributed by atoms with E-state index in [1.165, 1.54) is 112 Å². The van der Waals surface area contributed by atoms with Crippen LogP contribution in [0.25, 0.3) is 60.5 Å². The van der Waals surface area contributed by atoms with E-state index in [0.29, 0.717) is 0 Å². The van der Waals surface area contributed by atoms with Crippen LogP contribution in [0.2, 0.25) is 0 Å². The lowest BCUT2D eigenvalue weighted by atomic mass is 9.58. The van der Waals surface area contributed by atoms with Crippen LogP contribution >= 0.6 is 0 Å². The van der Waals surface area contributed by atoms with Crippen LogP contribution in [0.5, 0.6) is 5.75 Å². The second-order valence-corrected chi connectivity index (χ2v) is 23.2. The largest absolute Gasteiger partial charge is 0.464 e. The van der Waals surface area contributed by atoms with Crippen LogP contribution in [0, 0.1) is 0 Å². The first-order valence-electron chi connectivity index (χ1n) is 25.0. The second-order valence-electron chi connectivity index (χ2n) is 23.2. The van der Waals surface area contributed by atoms with E-state index >= 15 is 0 Å². The minimum Gasteiger partial charge on any atom is -0.464 e. The van der Waals surface area contributed by atoms with E-state index in [-0.39, 0.29) is 27.9 Å². The molecule has 336 valence electrons. The summed E-state index contributed by atoms with van der Waals surface area (Å²) in [5.74, 6) is 0.903. The lowest BCUT2D eigenvalue weighted by molar-refractivity contribution is 0.260. The predicted molar refractivity (Wildman–Crippen MR) is 289 cm³/mol. The van der Waals surface area contributed by atoms with Crippen molar-refractivity contribution in [3.05, 3.63) is 173 Å². The molecule has 5 heteroatoms. The maximum Gasteiger partial charge on any atom is 0.198 e. The van der Waals surface area contributed by atoms with Gasteiger partial charge in [0.2, 0.25) is 0 Å². The molecule has 2 N–H and O–H groups in total. The van der Waals surface area contributed by atoms with Crippen molar-refractivity contribution in [2.75, 3.05) is 10.6 Å². The van der Waals surface area contributed by atoms with Crippen molar-refractivity contribution in [1.29, 1.82) is 0 Å². The summed E-state index contributed by atoms with van der Waals surface area (Å²) in [5.41, 5.74) is 22.0. The third-order valence-corrected chi connectivity index (χ3v) is 16.9. The van der Waals surface area contributed by atoms with Crippen LogP contribution in [0.3, 0.4) is 0 Å². The van der Waals surface area contributed by atoms with E-state index in [1.54, 1.807) is 0 Å². The molecule has 0 saturated heterocycles. The molecule has 8 aromatic carbocycles. The maximum absolute atomic E-state index is 6.77. The Kier molecular flexibility index (Phi) is 8.78. The summed E-state index contributed by atoms with van der Waals surface area (Å²) in [7, 11) is 0.770. The first-order valence-corrected chi connectivity index (χ1v) is 25.0. The molecule has 0 bridgehead atoms. The molecule has 1 atom stereocenters. The Hall–Kier alpha value is -6.72. The first-order chi connectivity index (χ1) is 32.6. The Bertz CT molecular complexity index is 3580.